The van der Waals surface area contributed by atoms with E-state index in [0.717, 1.165) is 44.0 Å². The summed E-state index contributed by atoms with van der Waals surface area (Å²) in [6, 6.07) is 0. The van der Waals surface area contributed by atoms with Crippen LogP contribution in [0.5, 0.6) is 0 Å². The number of nitrogens with one attached hydrogen (secondary N) is 1. The summed E-state index contributed by atoms with van der Waals surface area (Å²) in [5.74, 6) is 2.64. The van der Waals surface area contributed by atoms with Gasteiger partial charge < -0.3 is 15.0 Å². The fourth-order valence-electron chi connectivity index (χ4n) is 3.55. The molecule has 1 aliphatic heterocycles. The van der Waals surface area contributed by atoms with Gasteiger partial charge in [0.05, 0.1) is 12.7 Å². The third-order valence-electron chi connectivity index (χ3n) is 4.54. The SMILES string of the molecule is CN1CCOC(CNCC2CC3C=CC2C3)C1. The summed E-state index contributed by atoms with van der Waals surface area (Å²) in [6.45, 7) is 5.23. The number of hydrogen-bond donors (Lipinski definition) is 1. The van der Waals surface area contributed by atoms with Crippen molar-refractivity contribution in [2.45, 2.75) is 18.9 Å². The van der Waals surface area contributed by atoms with Crippen LogP contribution in [0.3, 0.4) is 0 Å². The number of hydrogen-bond acceptors (Lipinski definition) is 3. The molecule has 4 atom stereocenters. The van der Waals surface area contributed by atoms with Gasteiger partial charge in [0.1, 0.15) is 0 Å². The van der Waals surface area contributed by atoms with E-state index >= 15 is 0 Å². The number of ether oxygens (including phenoxy) is 1. The van der Waals surface area contributed by atoms with E-state index < -0.39 is 0 Å². The molecule has 3 rings (SSSR count). The Kier molecular flexibility index (Phi) is 3.50. The summed E-state index contributed by atoms with van der Waals surface area (Å²) < 4.78 is 5.76. The molecule has 0 spiro atoms. The Morgan fingerprint density at radius 1 is 1.29 bits per heavy atom. The van der Waals surface area contributed by atoms with Crippen molar-refractivity contribution in [3.8, 4) is 0 Å². The first-order valence-corrected chi connectivity index (χ1v) is 7.00. The Bertz CT molecular complexity index is 292. The Morgan fingerprint density at radius 3 is 2.94 bits per heavy atom. The number of fused-ring (bicyclic) bond motifs is 2. The predicted molar refractivity (Wildman–Crippen MR) is 69.0 cm³/mol. The molecule has 3 heteroatoms. The molecular weight excluding hydrogens is 212 g/mol. The minimum absolute atomic E-state index is 0.392. The van der Waals surface area contributed by atoms with Crippen molar-refractivity contribution in [2.24, 2.45) is 17.8 Å². The maximum atomic E-state index is 5.76. The van der Waals surface area contributed by atoms with Crippen molar-refractivity contribution in [2.75, 3.05) is 39.8 Å². The molecular formula is C14H24N2O. The van der Waals surface area contributed by atoms with Crippen molar-refractivity contribution in [1.82, 2.24) is 10.2 Å². The Labute approximate surface area is 104 Å². The first kappa shape index (κ1) is 11.7. The number of likely N-dealkylation sites (N-methyl/N-ethyl adjacent to an activating group) is 1. The summed E-state index contributed by atoms with van der Waals surface area (Å²) in [6.07, 6.45) is 8.06. The van der Waals surface area contributed by atoms with Crippen LogP contribution in [0.25, 0.3) is 0 Å². The van der Waals surface area contributed by atoms with Gasteiger partial charge in [0.15, 0.2) is 0 Å². The zero-order chi connectivity index (χ0) is 11.7. The Balaban J connectivity index is 1.36. The van der Waals surface area contributed by atoms with Crippen molar-refractivity contribution in [3.05, 3.63) is 12.2 Å². The molecule has 0 radical (unpaired) electrons. The minimum atomic E-state index is 0.392. The molecule has 1 saturated carbocycles. The lowest BCUT2D eigenvalue weighted by Gasteiger charge is -2.30. The Hall–Kier alpha value is -0.380. The molecule has 4 unspecified atom stereocenters. The number of nitrogens with zero attached hydrogens (tertiary/aromatic N) is 1. The van der Waals surface area contributed by atoms with E-state index in [4.69, 9.17) is 4.74 Å². The average molecular weight is 236 g/mol. The fourth-order valence-corrected chi connectivity index (χ4v) is 3.55. The smallest absolute Gasteiger partial charge is 0.0826 e. The van der Waals surface area contributed by atoms with Gasteiger partial charge in [0, 0.05) is 19.6 Å². The van der Waals surface area contributed by atoms with Crippen molar-refractivity contribution < 1.29 is 4.74 Å². The maximum Gasteiger partial charge on any atom is 0.0826 e. The molecule has 0 amide bonds. The van der Waals surface area contributed by atoms with E-state index in [-0.39, 0.29) is 0 Å². The molecule has 2 fully saturated rings. The number of allylic oxidation sites excluding steroid dienone is 2. The summed E-state index contributed by atoms with van der Waals surface area (Å²) in [4.78, 5) is 2.36. The van der Waals surface area contributed by atoms with Gasteiger partial charge in [-0.3, -0.25) is 0 Å². The van der Waals surface area contributed by atoms with E-state index in [1.54, 1.807) is 0 Å². The van der Waals surface area contributed by atoms with Gasteiger partial charge in [-0.15, -0.1) is 0 Å². The lowest BCUT2D eigenvalue weighted by atomic mass is 9.93. The molecule has 1 saturated heterocycles. The Morgan fingerprint density at radius 2 is 2.24 bits per heavy atom. The lowest BCUT2D eigenvalue weighted by molar-refractivity contribution is -0.0184. The minimum Gasteiger partial charge on any atom is -0.374 e. The molecule has 0 aromatic heterocycles. The fraction of sp³-hybridized carbons (Fsp3) is 0.857. The standard InChI is InChI=1S/C14H24N2O/c1-16-4-5-17-14(10-16)9-15-8-13-7-11-2-3-12(13)6-11/h2-3,11-15H,4-10H2,1H3. The number of morpholine rings is 1. The van der Waals surface area contributed by atoms with Crippen molar-refractivity contribution in [1.29, 1.82) is 0 Å². The van der Waals surface area contributed by atoms with E-state index in [1.165, 1.54) is 19.4 Å². The summed E-state index contributed by atoms with van der Waals surface area (Å²) in [5, 5.41) is 3.62. The second-order valence-corrected chi connectivity index (χ2v) is 5.95. The second-order valence-electron chi connectivity index (χ2n) is 5.95. The monoisotopic (exact) mass is 236 g/mol. The molecule has 96 valence electrons. The highest BCUT2D eigenvalue weighted by Gasteiger charge is 2.35. The van der Waals surface area contributed by atoms with Crippen molar-refractivity contribution >= 4 is 0 Å². The summed E-state index contributed by atoms with van der Waals surface area (Å²) in [5.41, 5.74) is 0. The van der Waals surface area contributed by atoms with Gasteiger partial charge in [0.2, 0.25) is 0 Å². The van der Waals surface area contributed by atoms with E-state index in [9.17, 15) is 0 Å². The number of rotatable bonds is 4. The van der Waals surface area contributed by atoms with E-state index in [0.29, 0.717) is 6.10 Å². The van der Waals surface area contributed by atoms with Crippen LogP contribution in [0, 0.1) is 17.8 Å². The highest BCUT2D eigenvalue weighted by atomic mass is 16.5. The van der Waals surface area contributed by atoms with Gasteiger partial charge in [-0.1, -0.05) is 12.2 Å². The predicted octanol–water partition coefficient (Wildman–Crippen LogP) is 1.12. The third-order valence-corrected chi connectivity index (χ3v) is 4.54. The zero-order valence-electron chi connectivity index (χ0n) is 10.8. The van der Waals surface area contributed by atoms with Gasteiger partial charge in [-0.25, -0.2) is 0 Å². The topological polar surface area (TPSA) is 24.5 Å². The molecule has 3 nitrogen and oxygen atoms in total. The second kappa shape index (κ2) is 5.09. The quantitative estimate of drug-likeness (QED) is 0.740. The van der Waals surface area contributed by atoms with Crippen LogP contribution in [0.1, 0.15) is 12.8 Å². The molecule has 2 aliphatic carbocycles. The van der Waals surface area contributed by atoms with Crippen LogP contribution >= 0.6 is 0 Å². The zero-order valence-corrected chi connectivity index (χ0v) is 10.8. The van der Waals surface area contributed by atoms with Crippen LogP contribution in [-0.2, 0) is 4.74 Å². The van der Waals surface area contributed by atoms with Gasteiger partial charge in [0.25, 0.3) is 0 Å². The van der Waals surface area contributed by atoms with Gasteiger partial charge in [-0.05, 0) is 44.2 Å². The molecule has 2 bridgehead atoms. The van der Waals surface area contributed by atoms with E-state index in [2.05, 4.69) is 29.4 Å². The highest BCUT2D eigenvalue weighted by molar-refractivity contribution is 5.10. The van der Waals surface area contributed by atoms with Crippen LogP contribution in [0.2, 0.25) is 0 Å². The van der Waals surface area contributed by atoms with Crippen LogP contribution in [-0.4, -0.2) is 50.8 Å². The molecule has 0 aromatic carbocycles. The average Bonchev–Trinajstić information content (AvgIpc) is 2.91. The first-order valence-electron chi connectivity index (χ1n) is 7.00. The largest absolute Gasteiger partial charge is 0.374 e. The third kappa shape index (κ3) is 2.72. The van der Waals surface area contributed by atoms with Gasteiger partial charge >= 0.3 is 0 Å². The summed E-state index contributed by atoms with van der Waals surface area (Å²) >= 11 is 0. The highest BCUT2D eigenvalue weighted by Crippen LogP contribution is 2.42. The molecule has 0 aromatic rings. The molecule has 3 aliphatic rings. The summed E-state index contributed by atoms with van der Waals surface area (Å²) in [7, 11) is 2.18. The normalized spacial score (nSPS) is 41.2. The lowest BCUT2D eigenvalue weighted by Crippen LogP contribution is -2.45. The maximum absolute atomic E-state index is 5.76. The molecule has 17 heavy (non-hydrogen) atoms. The van der Waals surface area contributed by atoms with Gasteiger partial charge in [-0.2, -0.15) is 0 Å². The van der Waals surface area contributed by atoms with Crippen molar-refractivity contribution in [3.63, 3.8) is 0 Å². The van der Waals surface area contributed by atoms with Crippen LogP contribution in [0.15, 0.2) is 12.2 Å². The molecule has 1 heterocycles. The van der Waals surface area contributed by atoms with E-state index in [1.807, 2.05) is 0 Å². The van der Waals surface area contributed by atoms with Crippen LogP contribution < -0.4 is 5.32 Å². The van der Waals surface area contributed by atoms with Crippen LogP contribution in [0.4, 0.5) is 0 Å². The first-order chi connectivity index (χ1) is 8.31. The molecule has 1 N–H and O–H groups in total.